The number of halogens is 1. The fraction of sp³-hybridized carbons (Fsp3) is 0.417. The van der Waals surface area contributed by atoms with Crippen LogP contribution in [-0.2, 0) is 14.6 Å². The lowest BCUT2D eigenvalue weighted by molar-refractivity contribution is -0.120. The Morgan fingerprint density at radius 1 is 1.14 bits per heavy atom. The molecule has 188 valence electrons. The Morgan fingerprint density at radius 2 is 1.89 bits per heavy atom. The number of rotatable bonds is 10. The Morgan fingerprint density at radius 3 is 2.60 bits per heavy atom. The molecular weight excluding hydrogens is 491 g/mol. The van der Waals surface area contributed by atoms with E-state index < -0.39 is 15.7 Å². The predicted molar refractivity (Wildman–Crippen MR) is 136 cm³/mol. The lowest BCUT2D eigenvalue weighted by atomic mass is 10.3. The molecule has 8 nitrogen and oxygen atoms in total. The van der Waals surface area contributed by atoms with Gasteiger partial charge in [-0.05, 0) is 43.3 Å². The van der Waals surface area contributed by atoms with Gasteiger partial charge in [-0.3, -0.25) is 9.69 Å². The molecule has 0 radical (unpaired) electrons. The Kier molecular flexibility index (Phi) is 8.19. The van der Waals surface area contributed by atoms with Crippen molar-refractivity contribution in [2.75, 3.05) is 56.5 Å². The van der Waals surface area contributed by atoms with Crippen molar-refractivity contribution in [3.05, 3.63) is 48.3 Å². The summed E-state index contributed by atoms with van der Waals surface area (Å²) in [6.07, 6.45) is -0.130. The van der Waals surface area contributed by atoms with Gasteiger partial charge >= 0.3 is 0 Å². The molecule has 35 heavy (non-hydrogen) atoms. The summed E-state index contributed by atoms with van der Waals surface area (Å²) in [5.41, 5.74) is 0.904. The fourth-order valence-electron chi connectivity index (χ4n) is 3.91. The first-order valence-corrected chi connectivity index (χ1v) is 14.1. The molecule has 0 aliphatic carbocycles. The number of carbonyl (C=O) groups is 1. The molecule has 1 aliphatic rings. The van der Waals surface area contributed by atoms with E-state index in [1.807, 2.05) is 19.1 Å². The summed E-state index contributed by atoms with van der Waals surface area (Å²) in [5.74, 6) is -0.310. The fourth-order valence-corrected chi connectivity index (χ4v) is 6.19. The topological polar surface area (TPSA) is 91.8 Å². The van der Waals surface area contributed by atoms with E-state index in [0.717, 1.165) is 59.4 Å². The van der Waals surface area contributed by atoms with E-state index in [1.165, 1.54) is 12.1 Å². The van der Waals surface area contributed by atoms with Crippen LogP contribution in [0.3, 0.4) is 0 Å². The Balaban J connectivity index is 1.19. The van der Waals surface area contributed by atoms with Crippen LogP contribution >= 0.6 is 11.3 Å². The number of anilines is 1. The number of amides is 1. The number of piperazine rings is 1. The number of carbonyl (C=O) groups excluding carboxylic acids is 1. The largest absolute Gasteiger partial charge is 0.492 e. The number of sulfone groups is 1. The first kappa shape index (κ1) is 25.3. The van der Waals surface area contributed by atoms with Crippen LogP contribution in [0.2, 0.25) is 0 Å². The minimum Gasteiger partial charge on any atom is -0.492 e. The molecule has 0 saturated carbocycles. The molecule has 1 saturated heterocycles. The summed E-state index contributed by atoms with van der Waals surface area (Å²) in [4.78, 5) is 21.5. The normalized spacial score (nSPS) is 14.9. The Labute approximate surface area is 208 Å². The van der Waals surface area contributed by atoms with Gasteiger partial charge in [0.05, 0.1) is 22.0 Å². The molecule has 2 heterocycles. The number of thiazole rings is 1. The first-order valence-electron chi connectivity index (χ1n) is 11.6. The standard InChI is InChI=1S/C24H29FN4O4S2/c1-2-33-20-4-3-5-21-23(20)27-24(34-21)29-15-13-28(14-16-29)12-11-26-22(30)10-17-35(31,32)19-8-6-18(25)7-9-19/h3-9H,2,10-17H2,1H3,(H,26,30). The summed E-state index contributed by atoms with van der Waals surface area (Å²) in [7, 11) is -3.62. The molecule has 1 aliphatic heterocycles. The lowest BCUT2D eigenvalue weighted by Gasteiger charge is -2.34. The van der Waals surface area contributed by atoms with Gasteiger partial charge in [0.2, 0.25) is 5.91 Å². The molecule has 11 heteroatoms. The summed E-state index contributed by atoms with van der Waals surface area (Å²) < 4.78 is 44.4. The van der Waals surface area contributed by atoms with Crippen molar-refractivity contribution >= 4 is 42.4 Å². The number of fused-ring (bicyclic) bond motifs is 1. The molecule has 2 aromatic carbocycles. The van der Waals surface area contributed by atoms with E-state index in [1.54, 1.807) is 11.3 Å². The van der Waals surface area contributed by atoms with E-state index in [9.17, 15) is 17.6 Å². The molecule has 0 spiro atoms. The van der Waals surface area contributed by atoms with Gasteiger partial charge in [-0.25, -0.2) is 17.8 Å². The zero-order chi connectivity index (χ0) is 24.8. The summed E-state index contributed by atoms with van der Waals surface area (Å²) >= 11 is 1.66. The SMILES string of the molecule is CCOc1cccc2sc(N3CCN(CCNC(=O)CCS(=O)(=O)c4ccc(F)cc4)CC3)nc12. The van der Waals surface area contributed by atoms with Crippen LogP contribution in [0.25, 0.3) is 10.2 Å². The summed E-state index contributed by atoms with van der Waals surface area (Å²) in [6.45, 7) is 7.09. The third-order valence-electron chi connectivity index (χ3n) is 5.83. The number of ether oxygens (including phenoxy) is 1. The molecule has 1 aromatic heterocycles. The van der Waals surface area contributed by atoms with Gasteiger partial charge in [0, 0.05) is 45.7 Å². The number of para-hydroxylation sites is 1. The van der Waals surface area contributed by atoms with Crippen molar-refractivity contribution < 1.29 is 22.3 Å². The molecular formula is C24H29FN4O4S2. The maximum Gasteiger partial charge on any atom is 0.221 e. The van der Waals surface area contributed by atoms with E-state index in [4.69, 9.17) is 9.72 Å². The second-order valence-electron chi connectivity index (χ2n) is 8.23. The average Bonchev–Trinajstić information content (AvgIpc) is 3.29. The number of hydrogen-bond donors (Lipinski definition) is 1. The van der Waals surface area contributed by atoms with Crippen LogP contribution < -0.4 is 15.0 Å². The van der Waals surface area contributed by atoms with Crippen molar-refractivity contribution in [3.63, 3.8) is 0 Å². The van der Waals surface area contributed by atoms with Crippen molar-refractivity contribution in [2.45, 2.75) is 18.2 Å². The predicted octanol–water partition coefficient (Wildman–Crippen LogP) is 2.94. The molecule has 0 unspecified atom stereocenters. The number of aromatic nitrogens is 1. The van der Waals surface area contributed by atoms with Gasteiger partial charge < -0.3 is 15.0 Å². The second kappa shape index (κ2) is 11.3. The van der Waals surface area contributed by atoms with Gasteiger partial charge in [0.15, 0.2) is 15.0 Å². The molecule has 0 atom stereocenters. The number of hydrogen-bond acceptors (Lipinski definition) is 8. The quantitative estimate of drug-likeness (QED) is 0.411. The maximum absolute atomic E-state index is 13.0. The van der Waals surface area contributed by atoms with E-state index >= 15 is 0 Å². The highest BCUT2D eigenvalue weighted by Gasteiger charge is 2.21. The van der Waals surface area contributed by atoms with Crippen LogP contribution in [-0.4, -0.2) is 75.8 Å². The summed E-state index contributed by atoms with van der Waals surface area (Å²) in [6, 6.07) is 10.6. The molecule has 4 rings (SSSR count). The minimum atomic E-state index is -3.62. The van der Waals surface area contributed by atoms with E-state index in [2.05, 4.69) is 21.2 Å². The van der Waals surface area contributed by atoms with Gasteiger partial charge in [-0.2, -0.15) is 0 Å². The molecule has 1 amide bonds. The van der Waals surface area contributed by atoms with Crippen molar-refractivity contribution in [2.24, 2.45) is 0 Å². The van der Waals surface area contributed by atoms with Crippen molar-refractivity contribution in [1.82, 2.24) is 15.2 Å². The van der Waals surface area contributed by atoms with Gasteiger partial charge in [-0.1, -0.05) is 17.4 Å². The molecule has 1 N–H and O–H groups in total. The van der Waals surface area contributed by atoms with Gasteiger partial charge in [0.25, 0.3) is 0 Å². The van der Waals surface area contributed by atoms with Crippen LogP contribution in [0.5, 0.6) is 5.75 Å². The first-order chi connectivity index (χ1) is 16.9. The third-order valence-corrected chi connectivity index (χ3v) is 8.65. The molecule has 1 fully saturated rings. The second-order valence-corrected chi connectivity index (χ2v) is 11.4. The number of nitrogens with zero attached hydrogens (tertiary/aromatic N) is 3. The van der Waals surface area contributed by atoms with Crippen molar-refractivity contribution in [1.29, 1.82) is 0 Å². The minimum absolute atomic E-state index is 0.0202. The van der Waals surface area contributed by atoms with Gasteiger partial charge in [0.1, 0.15) is 17.1 Å². The molecule has 0 bridgehead atoms. The molecule has 3 aromatic rings. The lowest BCUT2D eigenvalue weighted by Crippen LogP contribution is -2.48. The van der Waals surface area contributed by atoms with Crippen LogP contribution in [0.15, 0.2) is 47.4 Å². The zero-order valence-electron chi connectivity index (χ0n) is 19.6. The number of benzene rings is 2. The smallest absolute Gasteiger partial charge is 0.221 e. The third kappa shape index (κ3) is 6.47. The highest BCUT2D eigenvalue weighted by molar-refractivity contribution is 7.91. The summed E-state index contributed by atoms with van der Waals surface area (Å²) in [5, 5.41) is 3.79. The van der Waals surface area contributed by atoms with E-state index in [0.29, 0.717) is 19.7 Å². The average molecular weight is 521 g/mol. The maximum atomic E-state index is 13.0. The van der Waals surface area contributed by atoms with Crippen LogP contribution in [0, 0.1) is 5.82 Å². The Hall–Kier alpha value is -2.76. The van der Waals surface area contributed by atoms with Gasteiger partial charge in [-0.15, -0.1) is 0 Å². The Bertz CT molecular complexity index is 1260. The monoisotopic (exact) mass is 520 g/mol. The van der Waals surface area contributed by atoms with Crippen LogP contribution in [0.1, 0.15) is 13.3 Å². The highest BCUT2D eigenvalue weighted by atomic mass is 32.2. The number of nitrogens with one attached hydrogen (secondary N) is 1. The zero-order valence-corrected chi connectivity index (χ0v) is 21.2. The van der Waals surface area contributed by atoms with Crippen LogP contribution in [0.4, 0.5) is 9.52 Å². The van der Waals surface area contributed by atoms with Crippen molar-refractivity contribution in [3.8, 4) is 5.75 Å². The van der Waals surface area contributed by atoms with E-state index in [-0.39, 0.29) is 23.0 Å². The highest BCUT2D eigenvalue weighted by Crippen LogP contribution is 2.34.